The molecule has 1 aliphatic heterocycles. The largest absolute Gasteiger partial charge is 0.324 e. The van der Waals surface area contributed by atoms with Crippen LogP contribution < -0.4 is 16.0 Å². The fourth-order valence-corrected chi connectivity index (χ4v) is 5.05. The molecular formula is C11H17N3O4S2. The zero-order chi connectivity index (χ0) is 14.8. The average Bonchev–Trinajstić information content (AvgIpc) is 2.76. The molecule has 1 fully saturated rings. The Labute approximate surface area is 118 Å². The van der Waals surface area contributed by atoms with E-state index in [1.807, 2.05) is 0 Å². The van der Waals surface area contributed by atoms with Crippen LogP contribution in [0.1, 0.15) is 6.42 Å². The molecule has 20 heavy (non-hydrogen) atoms. The molecule has 112 valence electrons. The maximum absolute atomic E-state index is 12.0. The highest BCUT2D eigenvalue weighted by molar-refractivity contribution is 7.91. The molecule has 1 atom stereocenters. The van der Waals surface area contributed by atoms with Crippen LogP contribution in [0.4, 0.5) is 5.69 Å². The van der Waals surface area contributed by atoms with Crippen molar-refractivity contribution in [3.05, 3.63) is 24.3 Å². The Bertz CT molecular complexity index is 668. The lowest BCUT2D eigenvalue weighted by molar-refractivity contribution is 0.543. The first-order valence-electron chi connectivity index (χ1n) is 6.09. The maximum atomic E-state index is 12.0. The van der Waals surface area contributed by atoms with Crippen molar-refractivity contribution in [2.45, 2.75) is 11.3 Å². The first kappa shape index (κ1) is 15.2. The van der Waals surface area contributed by atoms with Gasteiger partial charge >= 0.3 is 0 Å². The van der Waals surface area contributed by atoms with E-state index in [0.29, 0.717) is 12.1 Å². The number of nitrogens with two attached hydrogens (primary N) is 1. The van der Waals surface area contributed by atoms with Crippen LogP contribution in [0, 0.1) is 5.92 Å². The topological polar surface area (TPSA) is 118 Å². The molecule has 0 saturated carbocycles. The van der Waals surface area contributed by atoms with Gasteiger partial charge in [0, 0.05) is 12.2 Å². The number of sulfone groups is 1. The second-order valence-corrected chi connectivity index (χ2v) is 8.79. The maximum Gasteiger partial charge on any atom is 0.240 e. The minimum Gasteiger partial charge on any atom is -0.324 e. The van der Waals surface area contributed by atoms with Gasteiger partial charge in [-0.2, -0.15) is 0 Å². The van der Waals surface area contributed by atoms with E-state index in [-0.39, 0.29) is 28.9 Å². The molecule has 0 spiro atoms. The molecule has 0 bridgehead atoms. The summed E-state index contributed by atoms with van der Waals surface area (Å²) < 4.78 is 49.1. The van der Waals surface area contributed by atoms with Gasteiger partial charge in [0.05, 0.1) is 16.4 Å². The average molecular weight is 319 g/mol. The van der Waals surface area contributed by atoms with E-state index >= 15 is 0 Å². The summed E-state index contributed by atoms with van der Waals surface area (Å²) >= 11 is 0. The predicted octanol–water partition coefficient (Wildman–Crippen LogP) is -0.315. The highest BCUT2D eigenvalue weighted by Gasteiger charge is 2.28. The Kier molecular flexibility index (Phi) is 4.33. The van der Waals surface area contributed by atoms with Crippen LogP contribution in [0.3, 0.4) is 0 Å². The van der Waals surface area contributed by atoms with Crippen molar-refractivity contribution in [3.63, 3.8) is 0 Å². The summed E-state index contributed by atoms with van der Waals surface area (Å²) in [5.74, 6) is 5.23. The summed E-state index contributed by atoms with van der Waals surface area (Å²) in [5, 5.41) is 0. The first-order chi connectivity index (χ1) is 9.32. The number of nitrogen functional groups attached to an aromatic ring is 1. The van der Waals surface area contributed by atoms with Gasteiger partial charge in [0.25, 0.3) is 0 Å². The zero-order valence-corrected chi connectivity index (χ0v) is 12.4. The third kappa shape index (κ3) is 3.69. The Balaban J connectivity index is 2.00. The van der Waals surface area contributed by atoms with E-state index in [9.17, 15) is 16.8 Å². The monoisotopic (exact) mass is 319 g/mol. The molecule has 1 aromatic carbocycles. The van der Waals surface area contributed by atoms with E-state index in [0.717, 1.165) is 0 Å². The number of benzene rings is 1. The van der Waals surface area contributed by atoms with Crippen molar-refractivity contribution >= 4 is 25.5 Å². The summed E-state index contributed by atoms with van der Waals surface area (Å²) in [4.78, 5) is 0.123. The van der Waals surface area contributed by atoms with Crippen molar-refractivity contribution in [2.24, 2.45) is 11.8 Å². The number of nitrogens with one attached hydrogen (secondary N) is 2. The smallest absolute Gasteiger partial charge is 0.240 e. The number of sulfonamides is 1. The number of hydrogen-bond acceptors (Lipinski definition) is 6. The van der Waals surface area contributed by atoms with E-state index in [2.05, 4.69) is 10.1 Å². The molecule has 1 saturated heterocycles. The van der Waals surface area contributed by atoms with Gasteiger partial charge in [-0.3, -0.25) is 5.84 Å². The van der Waals surface area contributed by atoms with Gasteiger partial charge in [-0.05, 0) is 36.6 Å². The Hall–Kier alpha value is -1.16. The van der Waals surface area contributed by atoms with Crippen LogP contribution in [0.25, 0.3) is 0 Å². The van der Waals surface area contributed by atoms with Gasteiger partial charge in [-0.1, -0.05) is 0 Å². The minimum atomic E-state index is -3.62. The van der Waals surface area contributed by atoms with E-state index in [1.165, 1.54) is 12.1 Å². The van der Waals surface area contributed by atoms with Crippen LogP contribution in [-0.4, -0.2) is 34.9 Å². The van der Waals surface area contributed by atoms with E-state index in [1.54, 1.807) is 12.1 Å². The van der Waals surface area contributed by atoms with Crippen molar-refractivity contribution in [1.82, 2.24) is 4.72 Å². The summed E-state index contributed by atoms with van der Waals surface area (Å²) in [6.07, 6.45) is 0.501. The lowest BCUT2D eigenvalue weighted by atomic mass is 10.1. The van der Waals surface area contributed by atoms with E-state index < -0.39 is 19.9 Å². The van der Waals surface area contributed by atoms with Crippen LogP contribution in [0.2, 0.25) is 0 Å². The van der Waals surface area contributed by atoms with Crippen LogP contribution >= 0.6 is 0 Å². The fraction of sp³-hybridized carbons (Fsp3) is 0.455. The molecule has 0 aromatic heterocycles. The Morgan fingerprint density at radius 2 is 1.90 bits per heavy atom. The lowest BCUT2D eigenvalue weighted by Gasteiger charge is -2.10. The molecule has 0 radical (unpaired) electrons. The molecule has 1 unspecified atom stereocenters. The summed E-state index contributed by atoms with van der Waals surface area (Å²) in [5.41, 5.74) is 3.01. The normalized spacial score (nSPS) is 21.8. The van der Waals surface area contributed by atoms with Gasteiger partial charge < -0.3 is 5.43 Å². The van der Waals surface area contributed by atoms with Crippen LogP contribution in [0.15, 0.2) is 29.2 Å². The molecule has 1 aliphatic rings. The summed E-state index contributed by atoms with van der Waals surface area (Å²) in [6, 6.07) is 5.97. The van der Waals surface area contributed by atoms with Crippen LogP contribution in [0.5, 0.6) is 0 Å². The SMILES string of the molecule is NNc1ccc(S(=O)(=O)NCC2CCS(=O)(=O)C2)cc1. The highest BCUT2D eigenvalue weighted by atomic mass is 32.2. The molecule has 2 rings (SSSR count). The second kappa shape index (κ2) is 5.68. The lowest BCUT2D eigenvalue weighted by Crippen LogP contribution is -2.30. The highest BCUT2D eigenvalue weighted by Crippen LogP contribution is 2.19. The Morgan fingerprint density at radius 1 is 1.25 bits per heavy atom. The molecule has 1 aromatic rings. The van der Waals surface area contributed by atoms with Gasteiger partial charge in [0.2, 0.25) is 10.0 Å². The third-order valence-corrected chi connectivity index (χ3v) is 6.50. The number of anilines is 1. The minimum absolute atomic E-state index is 0.0472. The van der Waals surface area contributed by atoms with Crippen molar-refractivity contribution < 1.29 is 16.8 Å². The molecule has 0 aliphatic carbocycles. The summed E-state index contributed by atoms with van der Waals surface area (Å²) in [7, 11) is -6.62. The summed E-state index contributed by atoms with van der Waals surface area (Å²) in [6.45, 7) is 0.137. The van der Waals surface area contributed by atoms with Crippen molar-refractivity contribution in [1.29, 1.82) is 0 Å². The van der Waals surface area contributed by atoms with Crippen LogP contribution in [-0.2, 0) is 19.9 Å². The molecule has 4 N–H and O–H groups in total. The van der Waals surface area contributed by atoms with Gasteiger partial charge in [-0.25, -0.2) is 21.6 Å². The number of rotatable bonds is 5. The molecule has 7 nitrogen and oxygen atoms in total. The van der Waals surface area contributed by atoms with Gasteiger partial charge in [0.1, 0.15) is 0 Å². The third-order valence-electron chi connectivity index (χ3n) is 3.22. The van der Waals surface area contributed by atoms with Crippen molar-refractivity contribution in [2.75, 3.05) is 23.5 Å². The number of hydrazine groups is 1. The molecule has 9 heteroatoms. The quantitative estimate of drug-likeness (QED) is 0.506. The second-order valence-electron chi connectivity index (χ2n) is 4.79. The fourth-order valence-electron chi connectivity index (χ4n) is 2.07. The number of hydrogen-bond donors (Lipinski definition) is 3. The predicted molar refractivity (Wildman–Crippen MR) is 76.2 cm³/mol. The van der Waals surface area contributed by atoms with Crippen molar-refractivity contribution in [3.8, 4) is 0 Å². The van der Waals surface area contributed by atoms with Gasteiger partial charge in [0.15, 0.2) is 9.84 Å². The molecule has 1 heterocycles. The Morgan fingerprint density at radius 3 is 2.40 bits per heavy atom. The first-order valence-corrected chi connectivity index (χ1v) is 9.40. The molecule has 0 amide bonds. The zero-order valence-electron chi connectivity index (χ0n) is 10.7. The van der Waals surface area contributed by atoms with E-state index in [4.69, 9.17) is 5.84 Å². The standard InChI is InChI=1S/C11H17N3O4S2/c12-14-10-1-3-11(4-2-10)20(17,18)13-7-9-5-6-19(15,16)8-9/h1-4,9,13-14H,5-8,12H2. The van der Waals surface area contributed by atoms with Gasteiger partial charge in [-0.15, -0.1) is 0 Å². The molecular weight excluding hydrogens is 302 g/mol.